The summed E-state index contributed by atoms with van der Waals surface area (Å²) in [7, 11) is 0. The summed E-state index contributed by atoms with van der Waals surface area (Å²) in [5.74, 6) is 0.157. The molecule has 0 unspecified atom stereocenters. The second-order valence-corrected chi connectivity index (χ2v) is 4.84. The lowest BCUT2D eigenvalue weighted by Crippen LogP contribution is -2.04. The van der Waals surface area contributed by atoms with Gasteiger partial charge in [-0.2, -0.15) is 8.78 Å². The van der Waals surface area contributed by atoms with E-state index < -0.39 is 6.61 Å². The van der Waals surface area contributed by atoms with Gasteiger partial charge in [0.1, 0.15) is 0 Å². The first-order valence-electron chi connectivity index (χ1n) is 3.10. The van der Waals surface area contributed by atoms with Gasteiger partial charge in [-0.25, -0.2) is 0 Å². The standard InChI is InChI=1S/C7H3Br2F2IO/c8-3-1-2-4(9)6(5(3)12)13-7(10)11/h1-2,7H. The molecule has 1 aromatic carbocycles. The molecule has 1 nitrogen and oxygen atoms in total. The van der Waals surface area contributed by atoms with Crippen LogP contribution in [0.1, 0.15) is 0 Å². The molecule has 72 valence electrons. The zero-order valence-electron chi connectivity index (χ0n) is 6.03. The van der Waals surface area contributed by atoms with E-state index >= 15 is 0 Å². The minimum atomic E-state index is -2.81. The van der Waals surface area contributed by atoms with Crippen molar-refractivity contribution in [1.82, 2.24) is 0 Å². The summed E-state index contributed by atoms with van der Waals surface area (Å²) in [5.41, 5.74) is 0. The number of rotatable bonds is 2. The topological polar surface area (TPSA) is 9.23 Å². The fourth-order valence-corrected chi connectivity index (χ4v) is 2.41. The molecule has 1 aromatic rings. The summed E-state index contributed by atoms with van der Waals surface area (Å²) >= 11 is 8.27. The number of halogens is 5. The van der Waals surface area contributed by atoms with Crippen molar-refractivity contribution in [1.29, 1.82) is 0 Å². The van der Waals surface area contributed by atoms with Crippen LogP contribution in [0.15, 0.2) is 21.1 Å². The molecule has 0 saturated heterocycles. The Hall–Kier alpha value is 0.570. The van der Waals surface area contributed by atoms with E-state index in [0.29, 0.717) is 8.04 Å². The van der Waals surface area contributed by atoms with E-state index in [9.17, 15) is 8.78 Å². The molecule has 0 aromatic heterocycles. The van der Waals surface area contributed by atoms with Crippen LogP contribution in [0.5, 0.6) is 5.75 Å². The van der Waals surface area contributed by atoms with Crippen LogP contribution < -0.4 is 4.74 Å². The molecule has 0 aliphatic heterocycles. The third-order valence-corrected chi connectivity index (χ3v) is 4.31. The smallest absolute Gasteiger partial charge is 0.387 e. The van der Waals surface area contributed by atoms with Gasteiger partial charge in [0.25, 0.3) is 0 Å². The van der Waals surface area contributed by atoms with Gasteiger partial charge in [0.15, 0.2) is 5.75 Å². The molecule has 0 amide bonds. The van der Waals surface area contributed by atoms with Crippen molar-refractivity contribution < 1.29 is 13.5 Å². The van der Waals surface area contributed by atoms with Crippen molar-refractivity contribution in [2.45, 2.75) is 6.61 Å². The minimum absolute atomic E-state index is 0.157. The van der Waals surface area contributed by atoms with Gasteiger partial charge in [-0.3, -0.25) is 0 Å². The second kappa shape index (κ2) is 4.88. The number of hydrogen-bond donors (Lipinski definition) is 0. The summed E-state index contributed by atoms with van der Waals surface area (Å²) in [4.78, 5) is 0. The Balaban J connectivity index is 3.10. The minimum Gasteiger partial charge on any atom is -0.432 e. The van der Waals surface area contributed by atoms with E-state index in [-0.39, 0.29) is 5.75 Å². The van der Waals surface area contributed by atoms with Crippen molar-refractivity contribution in [3.05, 3.63) is 24.6 Å². The van der Waals surface area contributed by atoms with Crippen LogP contribution in [-0.4, -0.2) is 6.61 Å². The highest BCUT2D eigenvalue weighted by molar-refractivity contribution is 14.1. The SMILES string of the molecule is FC(F)Oc1c(Br)ccc(Br)c1I. The van der Waals surface area contributed by atoms with Crippen molar-refractivity contribution >= 4 is 54.5 Å². The highest BCUT2D eigenvalue weighted by Gasteiger charge is 2.13. The zero-order chi connectivity index (χ0) is 10.0. The van der Waals surface area contributed by atoms with E-state index in [4.69, 9.17) is 0 Å². The first kappa shape index (κ1) is 11.6. The molecule has 0 bridgehead atoms. The van der Waals surface area contributed by atoms with Crippen LogP contribution >= 0.6 is 54.5 Å². The highest BCUT2D eigenvalue weighted by atomic mass is 127. The van der Waals surface area contributed by atoms with Crippen LogP contribution in [0.3, 0.4) is 0 Å². The van der Waals surface area contributed by atoms with Crippen LogP contribution in [0.2, 0.25) is 0 Å². The number of alkyl halides is 2. The molecule has 0 radical (unpaired) electrons. The molecular weight excluding hydrogens is 425 g/mol. The molecule has 0 fully saturated rings. The lowest BCUT2D eigenvalue weighted by atomic mass is 10.3. The maximum absolute atomic E-state index is 12.0. The van der Waals surface area contributed by atoms with Crippen LogP contribution in [-0.2, 0) is 0 Å². The highest BCUT2D eigenvalue weighted by Crippen LogP contribution is 2.36. The Bertz CT molecular complexity index is 320. The van der Waals surface area contributed by atoms with Crippen molar-refractivity contribution in [3.8, 4) is 5.75 Å². The summed E-state index contributed by atoms with van der Waals surface area (Å²) in [6, 6.07) is 3.40. The first-order chi connectivity index (χ1) is 6.02. The molecule has 0 N–H and O–H groups in total. The number of hydrogen-bond acceptors (Lipinski definition) is 1. The third kappa shape index (κ3) is 3.02. The van der Waals surface area contributed by atoms with Gasteiger partial charge < -0.3 is 4.74 Å². The molecule has 0 spiro atoms. The lowest BCUT2D eigenvalue weighted by molar-refractivity contribution is -0.0509. The molecule has 13 heavy (non-hydrogen) atoms. The zero-order valence-corrected chi connectivity index (χ0v) is 11.4. The molecule has 0 aliphatic rings. The predicted octanol–water partition coefficient (Wildman–Crippen LogP) is 4.42. The molecule has 0 aliphatic carbocycles. The Kier molecular flexibility index (Phi) is 4.37. The van der Waals surface area contributed by atoms with Gasteiger partial charge in [-0.05, 0) is 66.6 Å². The Morgan fingerprint density at radius 3 is 2.31 bits per heavy atom. The second-order valence-electron chi connectivity index (χ2n) is 2.05. The summed E-state index contributed by atoms with van der Waals surface area (Å²) < 4.78 is 30.1. The molecule has 0 heterocycles. The monoisotopic (exact) mass is 426 g/mol. The summed E-state index contributed by atoms with van der Waals surface area (Å²) in [6.07, 6.45) is 0. The van der Waals surface area contributed by atoms with E-state index in [1.54, 1.807) is 12.1 Å². The largest absolute Gasteiger partial charge is 0.432 e. The van der Waals surface area contributed by atoms with Gasteiger partial charge in [0.2, 0.25) is 0 Å². The molecule has 0 saturated carbocycles. The predicted molar refractivity (Wildman–Crippen MR) is 61.2 cm³/mol. The van der Waals surface area contributed by atoms with Crippen molar-refractivity contribution in [2.75, 3.05) is 0 Å². The number of ether oxygens (including phenoxy) is 1. The van der Waals surface area contributed by atoms with Crippen molar-refractivity contribution in [2.24, 2.45) is 0 Å². The first-order valence-corrected chi connectivity index (χ1v) is 5.77. The normalized spacial score (nSPS) is 10.6. The fraction of sp³-hybridized carbons (Fsp3) is 0.143. The quantitative estimate of drug-likeness (QED) is 0.501. The molecule has 0 atom stereocenters. The Morgan fingerprint density at radius 1 is 1.23 bits per heavy atom. The van der Waals surface area contributed by atoms with E-state index in [1.807, 2.05) is 22.6 Å². The third-order valence-electron chi connectivity index (χ3n) is 1.21. The van der Waals surface area contributed by atoms with E-state index in [2.05, 4.69) is 36.6 Å². The summed E-state index contributed by atoms with van der Waals surface area (Å²) in [5, 5.41) is 0. The lowest BCUT2D eigenvalue weighted by Gasteiger charge is -2.09. The molecule has 6 heteroatoms. The fourth-order valence-electron chi connectivity index (χ4n) is 0.706. The average molecular weight is 428 g/mol. The van der Waals surface area contributed by atoms with Gasteiger partial charge in [0.05, 0.1) is 8.04 Å². The Morgan fingerprint density at radius 2 is 1.77 bits per heavy atom. The van der Waals surface area contributed by atoms with Crippen LogP contribution in [0.25, 0.3) is 0 Å². The van der Waals surface area contributed by atoms with Gasteiger partial charge in [0, 0.05) is 4.47 Å². The van der Waals surface area contributed by atoms with Crippen LogP contribution in [0.4, 0.5) is 8.78 Å². The average Bonchev–Trinajstić information content (AvgIpc) is 2.05. The molecular formula is C7H3Br2F2IO. The van der Waals surface area contributed by atoms with Gasteiger partial charge >= 0.3 is 6.61 Å². The Labute approximate surface area is 104 Å². The van der Waals surface area contributed by atoms with Gasteiger partial charge in [-0.15, -0.1) is 0 Å². The number of benzene rings is 1. The van der Waals surface area contributed by atoms with E-state index in [0.717, 1.165) is 4.47 Å². The maximum Gasteiger partial charge on any atom is 0.387 e. The summed E-state index contributed by atoms with van der Waals surface area (Å²) in [6.45, 7) is -2.81. The van der Waals surface area contributed by atoms with Crippen LogP contribution in [0, 0.1) is 3.57 Å². The van der Waals surface area contributed by atoms with Crippen molar-refractivity contribution in [3.63, 3.8) is 0 Å². The maximum atomic E-state index is 12.0. The van der Waals surface area contributed by atoms with Gasteiger partial charge in [-0.1, -0.05) is 0 Å². The van der Waals surface area contributed by atoms with E-state index in [1.165, 1.54) is 0 Å². The molecule has 1 rings (SSSR count).